The predicted octanol–water partition coefficient (Wildman–Crippen LogP) is 4.43. The third-order valence-electron chi connectivity index (χ3n) is 4.43. The van der Waals surface area contributed by atoms with Crippen molar-refractivity contribution in [2.45, 2.75) is 45.1 Å². The minimum Gasteiger partial charge on any atom is -0.292 e. The first-order valence-corrected chi connectivity index (χ1v) is 8.04. The van der Waals surface area contributed by atoms with Gasteiger partial charge in [0, 0.05) is 0 Å². The Morgan fingerprint density at radius 1 is 1.35 bits per heavy atom. The Labute approximate surface area is 128 Å². The fourth-order valence-electron chi connectivity index (χ4n) is 2.88. The minimum absolute atomic E-state index is 0.110. The maximum atomic E-state index is 14.2. The molecule has 2 rings (SSSR count). The van der Waals surface area contributed by atoms with Crippen molar-refractivity contribution >= 4 is 21.7 Å². The number of halogens is 2. The van der Waals surface area contributed by atoms with E-state index in [1.54, 1.807) is 18.2 Å². The van der Waals surface area contributed by atoms with Gasteiger partial charge in [0.25, 0.3) is 0 Å². The molecule has 2 nitrogen and oxygen atoms in total. The van der Waals surface area contributed by atoms with Crippen molar-refractivity contribution in [3.05, 3.63) is 34.1 Å². The summed E-state index contributed by atoms with van der Waals surface area (Å²) in [4.78, 5) is 15.1. The van der Waals surface area contributed by atoms with Crippen LogP contribution in [0.2, 0.25) is 0 Å². The van der Waals surface area contributed by atoms with Crippen LogP contribution in [-0.4, -0.2) is 29.3 Å². The van der Waals surface area contributed by atoms with Gasteiger partial charge in [-0.15, -0.1) is 0 Å². The van der Waals surface area contributed by atoms with E-state index in [1.807, 2.05) is 13.8 Å². The molecule has 1 aliphatic rings. The highest BCUT2D eigenvalue weighted by Crippen LogP contribution is 2.30. The number of likely N-dealkylation sites (tertiary alicyclic amines) is 1. The Balaban J connectivity index is 2.34. The number of hydrogen-bond donors (Lipinski definition) is 0. The van der Waals surface area contributed by atoms with Gasteiger partial charge in [-0.2, -0.15) is 0 Å². The Kier molecular flexibility index (Phi) is 4.97. The smallest absolute Gasteiger partial charge is 0.185 e. The molecule has 0 saturated carbocycles. The monoisotopic (exact) mass is 341 g/mol. The molecule has 1 aromatic rings. The van der Waals surface area contributed by atoms with Crippen LogP contribution in [0.25, 0.3) is 0 Å². The molecule has 0 radical (unpaired) electrons. The van der Waals surface area contributed by atoms with Gasteiger partial charge in [0.15, 0.2) is 5.78 Å². The minimum atomic E-state index is -0.609. The molecule has 0 spiro atoms. The number of piperidine rings is 1. The van der Waals surface area contributed by atoms with E-state index in [1.165, 1.54) is 6.42 Å². The molecule has 0 aliphatic carbocycles. The van der Waals surface area contributed by atoms with Gasteiger partial charge in [-0.05, 0) is 67.3 Å². The van der Waals surface area contributed by atoms with Gasteiger partial charge in [-0.25, -0.2) is 4.39 Å². The second-order valence-corrected chi connectivity index (χ2v) is 6.46. The first-order valence-electron chi connectivity index (χ1n) is 7.24. The van der Waals surface area contributed by atoms with Crippen molar-refractivity contribution in [2.75, 3.05) is 13.1 Å². The molecular weight excluding hydrogens is 321 g/mol. The lowest BCUT2D eigenvalue weighted by Crippen LogP contribution is -2.54. The maximum Gasteiger partial charge on any atom is 0.185 e. The van der Waals surface area contributed by atoms with Crippen LogP contribution in [-0.2, 0) is 0 Å². The average Bonchev–Trinajstić information content (AvgIpc) is 2.49. The van der Waals surface area contributed by atoms with Gasteiger partial charge in [0.1, 0.15) is 5.82 Å². The van der Waals surface area contributed by atoms with Gasteiger partial charge in [0.2, 0.25) is 0 Å². The molecule has 0 bridgehead atoms. The molecule has 1 aromatic carbocycles. The largest absolute Gasteiger partial charge is 0.292 e. The molecular formula is C16H21BrFNO. The molecule has 20 heavy (non-hydrogen) atoms. The van der Waals surface area contributed by atoms with E-state index in [9.17, 15) is 9.18 Å². The zero-order chi connectivity index (χ0) is 14.8. The lowest BCUT2D eigenvalue weighted by molar-refractivity contribution is 0.0501. The average molecular weight is 342 g/mol. The Morgan fingerprint density at radius 3 is 2.60 bits per heavy atom. The Hall–Kier alpha value is -0.740. The van der Waals surface area contributed by atoms with E-state index in [0.29, 0.717) is 10.9 Å². The fraction of sp³-hybridized carbons (Fsp3) is 0.562. The van der Waals surface area contributed by atoms with Crippen molar-refractivity contribution in [2.24, 2.45) is 0 Å². The quantitative estimate of drug-likeness (QED) is 0.755. The maximum absolute atomic E-state index is 14.2. The normalized spacial score (nSPS) is 19.6. The summed E-state index contributed by atoms with van der Waals surface area (Å²) in [6.07, 6.45) is 4.14. The van der Waals surface area contributed by atoms with Gasteiger partial charge < -0.3 is 0 Å². The summed E-state index contributed by atoms with van der Waals surface area (Å²) < 4.78 is 14.5. The molecule has 1 saturated heterocycles. The third kappa shape index (κ3) is 2.82. The first-order chi connectivity index (χ1) is 9.50. The van der Waals surface area contributed by atoms with Crippen LogP contribution >= 0.6 is 15.9 Å². The number of nitrogens with zero attached hydrogens (tertiary/aromatic N) is 1. The zero-order valence-corrected chi connectivity index (χ0v) is 13.7. The Morgan fingerprint density at radius 2 is 2.00 bits per heavy atom. The van der Waals surface area contributed by atoms with Crippen LogP contribution in [0, 0.1) is 5.82 Å². The van der Waals surface area contributed by atoms with E-state index < -0.39 is 11.4 Å². The summed E-state index contributed by atoms with van der Waals surface area (Å²) in [5.41, 5.74) is -0.420. The van der Waals surface area contributed by atoms with Crippen LogP contribution < -0.4 is 0 Å². The molecule has 1 fully saturated rings. The molecule has 0 amide bonds. The summed E-state index contributed by atoms with van der Waals surface area (Å²) in [5.74, 6) is -0.560. The van der Waals surface area contributed by atoms with Crippen LogP contribution in [0.4, 0.5) is 4.39 Å². The van der Waals surface area contributed by atoms with E-state index in [2.05, 4.69) is 20.8 Å². The highest BCUT2D eigenvalue weighted by molar-refractivity contribution is 9.10. The van der Waals surface area contributed by atoms with E-state index in [-0.39, 0.29) is 11.3 Å². The van der Waals surface area contributed by atoms with Crippen LogP contribution in [0.15, 0.2) is 22.7 Å². The SMILES string of the molecule is CCC(C)(C(=O)c1cccc(Br)c1F)N1CCCCC1. The number of ketones is 1. The second kappa shape index (κ2) is 6.35. The standard InChI is InChI=1S/C16H21BrFNO/c1-3-16(2,19-10-5-4-6-11-19)15(20)12-8-7-9-13(17)14(12)18/h7-9H,3-6,10-11H2,1-2H3. The van der Waals surface area contributed by atoms with Crippen molar-refractivity contribution in [1.82, 2.24) is 4.90 Å². The highest BCUT2D eigenvalue weighted by atomic mass is 79.9. The lowest BCUT2D eigenvalue weighted by Gasteiger charge is -2.42. The summed E-state index contributed by atoms with van der Waals surface area (Å²) >= 11 is 3.16. The second-order valence-electron chi connectivity index (χ2n) is 5.61. The molecule has 4 heteroatoms. The number of rotatable bonds is 4. The summed E-state index contributed by atoms with van der Waals surface area (Å²) in [6, 6.07) is 4.92. The number of Topliss-reactive ketones (excluding diaryl/α,β-unsaturated/α-hetero) is 1. The molecule has 0 N–H and O–H groups in total. The van der Waals surface area contributed by atoms with Crippen molar-refractivity contribution < 1.29 is 9.18 Å². The first kappa shape index (κ1) is 15.6. The molecule has 1 atom stereocenters. The van der Waals surface area contributed by atoms with Crippen LogP contribution in [0.1, 0.15) is 49.9 Å². The predicted molar refractivity (Wildman–Crippen MR) is 82.6 cm³/mol. The van der Waals surface area contributed by atoms with Gasteiger partial charge in [-0.1, -0.05) is 19.4 Å². The zero-order valence-electron chi connectivity index (χ0n) is 12.1. The summed E-state index contributed by atoms with van der Waals surface area (Å²) in [7, 11) is 0. The van der Waals surface area contributed by atoms with E-state index in [0.717, 1.165) is 25.9 Å². The van der Waals surface area contributed by atoms with Crippen LogP contribution in [0.3, 0.4) is 0 Å². The topological polar surface area (TPSA) is 20.3 Å². The Bertz CT molecular complexity index is 499. The molecule has 0 aromatic heterocycles. The fourth-order valence-corrected chi connectivity index (χ4v) is 3.25. The lowest BCUT2D eigenvalue weighted by atomic mass is 9.85. The molecule has 1 heterocycles. The van der Waals surface area contributed by atoms with Gasteiger partial charge in [-0.3, -0.25) is 9.69 Å². The van der Waals surface area contributed by atoms with Crippen molar-refractivity contribution in [3.8, 4) is 0 Å². The number of hydrogen-bond acceptors (Lipinski definition) is 2. The highest BCUT2D eigenvalue weighted by Gasteiger charge is 2.39. The third-order valence-corrected chi connectivity index (χ3v) is 5.04. The van der Waals surface area contributed by atoms with E-state index in [4.69, 9.17) is 0 Å². The summed E-state index contributed by atoms with van der Waals surface area (Å²) in [5, 5.41) is 0. The molecule has 1 aliphatic heterocycles. The van der Waals surface area contributed by atoms with Gasteiger partial charge in [0.05, 0.1) is 15.6 Å². The molecule has 110 valence electrons. The summed E-state index contributed by atoms with van der Waals surface area (Å²) in [6.45, 7) is 5.79. The van der Waals surface area contributed by atoms with Gasteiger partial charge >= 0.3 is 0 Å². The number of carbonyl (C=O) groups excluding carboxylic acids is 1. The number of carbonyl (C=O) groups is 1. The van der Waals surface area contributed by atoms with Crippen LogP contribution in [0.5, 0.6) is 0 Å². The van der Waals surface area contributed by atoms with Crippen molar-refractivity contribution in [1.29, 1.82) is 0 Å². The van der Waals surface area contributed by atoms with Crippen molar-refractivity contribution in [3.63, 3.8) is 0 Å². The van der Waals surface area contributed by atoms with E-state index >= 15 is 0 Å². The molecule has 1 unspecified atom stereocenters. The number of benzene rings is 1.